The van der Waals surface area contributed by atoms with E-state index < -0.39 is 35.3 Å². The highest BCUT2D eigenvalue weighted by atomic mass is 35.5. The molecule has 5 saturated heterocycles. The lowest BCUT2D eigenvalue weighted by Gasteiger charge is -2.48. The van der Waals surface area contributed by atoms with Crippen molar-refractivity contribution in [2.75, 3.05) is 133 Å². The number of anilines is 3. The first-order chi connectivity index (χ1) is 49.1. The van der Waals surface area contributed by atoms with Crippen LogP contribution in [0.4, 0.5) is 30.9 Å². The number of benzene rings is 5. The van der Waals surface area contributed by atoms with E-state index in [0.717, 1.165) is 93.1 Å². The molecule has 6 aliphatic rings. The number of rotatable bonds is 24. The minimum Gasteiger partial charge on any atom is -0.497 e. The molecule has 542 valence electrons. The summed E-state index contributed by atoms with van der Waals surface area (Å²) in [5.74, 6) is 0.987. The number of hydrogen-bond donors (Lipinski definition) is 4. The standard InChI is InChI=1S/C76H93Cl2F2N15O7/c1-51(2)102-64-40-59(101-5)18-19-60(64)73-86-71(54-10-14-57(77)15-11-54)72(55-12-16-58(78)17-13-55)95(73)74(100)93-37-36-92(70(99)48-93)46-68(97)81-25-7-26-88-32-34-89(35-33-88)27-20-67(96)83-44-53-9-6-8-52(38-53)43-82-65-42-66(85-50-84-65)91-30-23-76(24-31-91)49-94(47-69(98)87-76)63-41-61(79)56(39-62(63)80)45-90-28-21-75(3,4)22-29-90/h6,8-19,38-42,50-51,71-72H,7,20-37,43-49H2,1-5H3,(H,81,97)(H,83,96)(H,87,98)(H,82,84,85)/t71-,72+/m0/s1. The van der Waals surface area contributed by atoms with Crippen molar-refractivity contribution < 1.29 is 42.2 Å². The molecule has 5 fully saturated rings. The third-order valence-electron chi connectivity index (χ3n) is 20.4. The van der Waals surface area contributed by atoms with Crippen molar-refractivity contribution in [2.45, 2.75) is 110 Å². The Kier molecular flexibility index (Phi) is 23.5. The molecule has 6 amide bonds. The molecule has 12 rings (SSSR count). The minimum atomic E-state index is -0.655. The molecule has 0 unspecified atom stereocenters. The van der Waals surface area contributed by atoms with Gasteiger partial charge in [0, 0.05) is 132 Å². The zero-order chi connectivity index (χ0) is 71.7. The van der Waals surface area contributed by atoms with Crippen LogP contribution < -0.4 is 40.5 Å². The van der Waals surface area contributed by atoms with Crippen molar-refractivity contribution in [3.8, 4) is 11.5 Å². The molecule has 102 heavy (non-hydrogen) atoms. The van der Waals surface area contributed by atoms with Crippen molar-refractivity contribution in [1.82, 2.24) is 55.3 Å². The van der Waals surface area contributed by atoms with Gasteiger partial charge in [0.2, 0.25) is 23.6 Å². The zero-order valence-electron chi connectivity index (χ0n) is 58.9. The highest BCUT2D eigenvalue weighted by Gasteiger charge is 2.47. The quantitative estimate of drug-likeness (QED) is 0.0415. The van der Waals surface area contributed by atoms with E-state index >= 15 is 13.6 Å². The van der Waals surface area contributed by atoms with E-state index in [0.29, 0.717) is 116 Å². The van der Waals surface area contributed by atoms with Crippen LogP contribution in [0.3, 0.4) is 0 Å². The van der Waals surface area contributed by atoms with Crippen molar-refractivity contribution in [3.63, 3.8) is 0 Å². The fourth-order valence-corrected chi connectivity index (χ4v) is 14.8. The molecule has 22 nitrogen and oxygen atoms in total. The van der Waals surface area contributed by atoms with Crippen LogP contribution in [-0.2, 0) is 38.8 Å². The first-order valence-electron chi connectivity index (χ1n) is 35.6. The van der Waals surface area contributed by atoms with E-state index in [1.165, 1.54) is 28.3 Å². The van der Waals surface area contributed by atoms with E-state index in [1.807, 2.05) is 68.4 Å². The Morgan fingerprint density at radius 3 is 2.10 bits per heavy atom. The Morgan fingerprint density at radius 1 is 0.706 bits per heavy atom. The second-order valence-corrected chi connectivity index (χ2v) is 29.6. The van der Waals surface area contributed by atoms with Gasteiger partial charge in [0.1, 0.15) is 59.5 Å². The number of aromatic nitrogens is 2. The summed E-state index contributed by atoms with van der Waals surface area (Å²) in [5.41, 5.74) is 4.27. The first-order valence-corrected chi connectivity index (χ1v) is 36.3. The predicted octanol–water partition coefficient (Wildman–Crippen LogP) is 9.71. The third kappa shape index (κ3) is 18.4. The summed E-state index contributed by atoms with van der Waals surface area (Å²) >= 11 is 12.8. The molecule has 2 atom stereocenters. The number of carbonyl (C=O) groups excluding carboxylic acids is 5. The molecule has 7 heterocycles. The van der Waals surface area contributed by atoms with Crippen molar-refractivity contribution in [2.24, 2.45) is 10.4 Å². The zero-order valence-corrected chi connectivity index (χ0v) is 60.4. The number of nitrogens with zero attached hydrogens (tertiary/aromatic N) is 11. The average molecular weight is 1440 g/mol. The van der Waals surface area contributed by atoms with Gasteiger partial charge in [-0.1, -0.05) is 85.6 Å². The van der Waals surface area contributed by atoms with Gasteiger partial charge in [0.25, 0.3) is 0 Å². The lowest BCUT2D eigenvalue weighted by Crippen LogP contribution is -2.66. The Balaban J connectivity index is 0.543. The van der Waals surface area contributed by atoms with Gasteiger partial charge in [-0.15, -0.1) is 0 Å². The smallest absolute Gasteiger partial charge is 0.326 e. The second-order valence-electron chi connectivity index (χ2n) is 28.7. The number of nitrogens with one attached hydrogen (secondary N) is 4. The van der Waals surface area contributed by atoms with E-state index in [-0.39, 0.29) is 73.6 Å². The SMILES string of the molecule is COc1ccc(C2=N[C@@H](c3ccc(Cl)cc3)[C@@H](c3ccc(Cl)cc3)N2C(=O)N2CCN(CC(=O)NCCCN3CCN(CCC(=O)NCc4cccc(CNc5cc(N6CCC7(CC6)CN(c6cc(F)c(CN8CCC(C)(C)CC8)cc6F)CC(=O)N7)ncn5)c4)CC3)C(=O)C2)c(OC(C)C)c1. The number of hydrogen-bond acceptors (Lipinski definition) is 16. The summed E-state index contributed by atoms with van der Waals surface area (Å²) < 4.78 is 43.3. The lowest BCUT2D eigenvalue weighted by atomic mass is 9.82. The highest BCUT2D eigenvalue weighted by Crippen LogP contribution is 2.46. The summed E-state index contributed by atoms with van der Waals surface area (Å²) in [4.78, 5) is 98.4. The van der Waals surface area contributed by atoms with Crippen LogP contribution in [0.5, 0.6) is 11.5 Å². The number of likely N-dealkylation sites (tertiary alicyclic amines) is 1. The monoisotopic (exact) mass is 1440 g/mol. The summed E-state index contributed by atoms with van der Waals surface area (Å²) in [5, 5.41) is 13.8. The van der Waals surface area contributed by atoms with Crippen LogP contribution in [0.1, 0.15) is 112 Å². The molecule has 1 aromatic heterocycles. The van der Waals surface area contributed by atoms with Crippen LogP contribution in [0, 0.1) is 17.0 Å². The Morgan fingerprint density at radius 2 is 1.40 bits per heavy atom. The summed E-state index contributed by atoms with van der Waals surface area (Å²) in [7, 11) is 1.57. The topological polar surface area (TPSA) is 216 Å². The van der Waals surface area contributed by atoms with Crippen LogP contribution in [0.2, 0.25) is 10.0 Å². The molecule has 0 radical (unpaired) electrons. The van der Waals surface area contributed by atoms with E-state index in [2.05, 4.69) is 70.7 Å². The third-order valence-corrected chi connectivity index (χ3v) is 21.0. The van der Waals surface area contributed by atoms with Crippen LogP contribution >= 0.6 is 23.2 Å². The second kappa shape index (κ2) is 32.8. The molecule has 4 N–H and O–H groups in total. The maximum Gasteiger partial charge on any atom is 0.326 e. The van der Waals surface area contributed by atoms with Gasteiger partial charge in [-0.3, -0.25) is 34.0 Å². The number of urea groups is 1. The molecule has 26 heteroatoms. The fourth-order valence-electron chi connectivity index (χ4n) is 14.5. The molecule has 6 aromatic rings. The first kappa shape index (κ1) is 73.1. The van der Waals surface area contributed by atoms with Gasteiger partial charge in [-0.2, -0.15) is 0 Å². The number of aliphatic imine (C=N–C) groups is 1. The van der Waals surface area contributed by atoms with Gasteiger partial charge >= 0.3 is 6.03 Å². The predicted molar refractivity (Wildman–Crippen MR) is 391 cm³/mol. The molecular weight excluding hydrogens is 1340 g/mol. The number of amidine groups is 1. The number of amides is 6. The molecule has 1 spiro atoms. The molecule has 0 saturated carbocycles. The number of piperidine rings is 2. The van der Waals surface area contributed by atoms with Crippen LogP contribution in [0.15, 0.2) is 121 Å². The lowest BCUT2D eigenvalue weighted by molar-refractivity contribution is -0.139. The Bertz CT molecular complexity index is 3990. The number of methoxy groups -OCH3 is 1. The molecule has 6 aliphatic heterocycles. The van der Waals surface area contributed by atoms with Gasteiger partial charge < -0.3 is 60.1 Å². The highest BCUT2D eigenvalue weighted by molar-refractivity contribution is 6.30. The van der Waals surface area contributed by atoms with Gasteiger partial charge in [-0.05, 0) is 136 Å². The molecule has 5 aromatic carbocycles. The number of carbonyl (C=O) groups is 5. The van der Waals surface area contributed by atoms with Crippen LogP contribution in [-0.4, -0.2) is 205 Å². The van der Waals surface area contributed by atoms with Gasteiger partial charge in [-0.25, -0.2) is 23.5 Å². The number of ether oxygens (including phenoxy) is 2. The summed E-state index contributed by atoms with van der Waals surface area (Å²) in [6, 6.07) is 31.0. The van der Waals surface area contributed by atoms with E-state index in [4.69, 9.17) is 37.7 Å². The average Bonchev–Trinajstić information content (AvgIpc) is 1.46. The Labute approximate surface area is 606 Å². The van der Waals surface area contributed by atoms with E-state index in [9.17, 15) is 19.2 Å². The van der Waals surface area contributed by atoms with Gasteiger partial charge in [0.05, 0.1) is 49.1 Å². The van der Waals surface area contributed by atoms with E-state index in [1.54, 1.807) is 53.3 Å². The van der Waals surface area contributed by atoms with Crippen molar-refractivity contribution in [3.05, 3.63) is 171 Å². The van der Waals surface area contributed by atoms with Crippen LogP contribution in [0.25, 0.3) is 0 Å². The summed E-state index contributed by atoms with van der Waals surface area (Å²) in [6.07, 6.45) is 5.63. The molecule has 0 aliphatic carbocycles. The minimum absolute atomic E-state index is 0.0221. The number of halogens is 4. The van der Waals surface area contributed by atoms with Crippen molar-refractivity contribution in [1.29, 1.82) is 0 Å². The number of piperazine rings is 3. The molecular formula is C76H93Cl2F2N15O7. The normalized spacial score (nSPS) is 19.6. The fraction of sp³-hybridized carbons (Fsp3) is 0.474. The van der Waals surface area contributed by atoms with Gasteiger partial charge in [0.15, 0.2) is 0 Å². The summed E-state index contributed by atoms with van der Waals surface area (Å²) in [6.45, 7) is 18.0. The van der Waals surface area contributed by atoms with Crippen molar-refractivity contribution >= 4 is 76.0 Å². The largest absolute Gasteiger partial charge is 0.497 e. The maximum absolute atomic E-state index is 15.8. The maximum atomic E-state index is 15.8. The Hall–Kier alpha value is -8.68. The molecule has 0 bridgehead atoms.